The molecule has 0 saturated carbocycles. The highest BCUT2D eigenvalue weighted by Crippen LogP contribution is 2.31. The minimum atomic E-state index is -0.251. The van der Waals surface area contributed by atoms with Gasteiger partial charge in [-0.15, -0.1) is 11.6 Å². The van der Waals surface area contributed by atoms with E-state index in [1.165, 1.54) is 0 Å². The van der Waals surface area contributed by atoms with Crippen LogP contribution in [0.25, 0.3) is 16.9 Å². The molecule has 0 aliphatic heterocycles. The zero-order chi connectivity index (χ0) is 14.3. The molecule has 1 atom stereocenters. The number of para-hydroxylation sites is 1. The molecule has 0 radical (unpaired) electrons. The van der Waals surface area contributed by atoms with Crippen molar-refractivity contribution in [2.45, 2.75) is 12.3 Å². The Morgan fingerprint density at radius 1 is 1.30 bits per heavy atom. The Morgan fingerprint density at radius 2 is 2.05 bits per heavy atom. The van der Waals surface area contributed by atoms with Crippen LogP contribution in [0.4, 0.5) is 0 Å². The molecule has 0 bridgehead atoms. The Kier molecular flexibility index (Phi) is 3.71. The summed E-state index contributed by atoms with van der Waals surface area (Å²) in [5.41, 5.74) is 2.35. The van der Waals surface area contributed by atoms with Gasteiger partial charge >= 0.3 is 0 Å². The molecule has 2 aromatic heterocycles. The summed E-state index contributed by atoms with van der Waals surface area (Å²) in [6.07, 6.45) is 1.74. The number of hydrogen-bond donors (Lipinski definition) is 0. The van der Waals surface area contributed by atoms with E-state index in [-0.39, 0.29) is 5.38 Å². The van der Waals surface area contributed by atoms with Crippen LogP contribution in [0.3, 0.4) is 0 Å². The Hall–Kier alpha value is -1.10. The monoisotopic (exact) mass is 369 g/mol. The topological polar surface area (TPSA) is 30.7 Å². The quantitative estimate of drug-likeness (QED) is 0.585. The predicted octanol–water partition coefficient (Wildman–Crippen LogP) is 5.14. The van der Waals surface area contributed by atoms with Crippen molar-refractivity contribution >= 4 is 50.3 Å². The van der Waals surface area contributed by atoms with Gasteiger partial charge in [-0.1, -0.05) is 23.7 Å². The van der Waals surface area contributed by atoms with Gasteiger partial charge in [-0.3, -0.25) is 4.57 Å². The van der Waals surface area contributed by atoms with E-state index in [1.54, 1.807) is 6.20 Å². The highest BCUT2D eigenvalue weighted by atomic mass is 79.9. The fraction of sp³-hybridized carbons (Fsp3) is 0.143. The standard InChI is InChI=1S/C14H10BrCl2N3/c1-8(16)13-19-11-6-9(15)7-18-14(11)20(13)12-5-3-2-4-10(12)17/h2-8H,1H3. The van der Waals surface area contributed by atoms with Gasteiger partial charge in [0.15, 0.2) is 5.65 Å². The molecule has 1 aromatic carbocycles. The van der Waals surface area contributed by atoms with Gasteiger partial charge in [-0.2, -0.15) is 0 Å². The summed E-state index contributed by atoms with van der Waals surface area (Å²) in [5.74, 6) is 0.723. The second-order valence-electron chi connectivity index (χ2n) is 4.37. The molecule has 3 aromatic rings. The van der Waals surface area contributed by atoms with Crippen molar-refractivity contribution in [3.8, 4) is 5.69 Å². The normalized spacial score (nSPS) is 12.8. The molecule has 0 aliphatic rings. The number of nitrogens with zero attached hydrogens (tertiary/aromatic N) is 3. The van der Waals surface area contributed by atoms with Crippen molar-refractivity contribution in [1.82, 2.24) is 14.5 Å². The first-order chi connectivity index (χ1) is 9.58. The Balaban J connectivity index is 2.38. The maximum Gasteiger partial charge on any atom is 0.164 e. The fourth-order valence-electron chi connectivity index (χ4n) is 2.10. The van der Waals surface area contributed by atoms with E-state index in [2.05, 4.69) is 25.9 Å². The van der Waals surface area contributed by atoms with Gasteiger partial charge in [0.05, 0.1) is 16.1 Å². The molecule has 2 heterocycles. The minimum absolute atomic E-state index is 0.251. The molecule has 0 aliphatic carbocycles. The molecule has 0 amide bonds. The van der Waals surface area contributed by atoms with E-state index in [9.17, 15) is 0 Å². The highest BCUT2D eigenvalue weighted by molar-refractivity contribution is 9.10. The lowest BCUT2D eigenvalue weighted by molar-refractivity contribution is 0.877. The van der Waals surface area contributed by atoms with Gasteiger partial charge in [0.1, 0.15) is 11.3 Å². The minimum Gasteiger partial charge on any atom is -0.278 e. The van der Waals surface area contributed by atoms with Crippen molar-refractivity contribution in [2.24, 2.45) is 0 Å². The molecule has 1 unspecified atom stereocenters. The fourth-order valence-corrected chi connectivity index (χ4v) is 2.78. The average Bonchev–Trinajstić information content (AvgIpc) is 2.78. The first kappa shape index (κ1) is 13.9. The number of benzene rings is 1. The summed E-state index contributed by atoms with van der Waals surface area (Å²) < 4.78 is 2.78. The number of imidazole rings is 1. The smallest absolute Gasteiger partial charge is 0.164 e. The number of rotatable bonds is 2. The van der Waals surface area contributed by atoms with E-state index in [1.807, 2.05) is 41.8 Å². The van der Waals surface area contributed by atoms with Gasteiger partial charge in [-0.05, 0) is 41.1 Å². The van der Waals surface area contributed by atoms with Crippen LogP contribution in [0.2, 0.25) is 5.02 Å². The van der Waals surface area contributed by atoms with Crippen LogP contribution in [0.1, 0.15) is 18.1 Å². The van der Waals surface area contributed by atoms with Crippen LogP contribution in [0.15, 0.2) is 41.0 Å². The summed E-state index contributed by atoms with van der Waals surface area (Å²) >= 11 is 16.0. The van der Waals surface area contributed by atoms with Gasteiger partial charge in [0.2, 0.25) is 0 Å². The Labute approximate surface area is 134 Å². The number of pyridine rings is 1. The SMILES string of the molecule is CC(Cl)c1nc2cc(Br)cnc2n1-c1ccccc1Cl. The number of alkyl halides is 1. The lowest BCUT2D eigenvalue weighted by Crippen LogP contribution is -2.03. The van der Waals surface area contributed by atoms with Gasteiger partial charge in [-0.25, -0.2) is 9.97 Å². The molecule has 3 rings (SSSR count). The van der Waals surface area contributed by atoms with Crippen LogP contribution >= 0.6 is 39.1 Å². The molecule has 20 heavy (non-hydrogen) atoms. The van der Waals surface area contributed by atoms with Crippen molar-refractivity contribution < 1.29 is 0 Å². The van der Waals surface area contributed by atoms with E-state index in [0.29, 0.717) is 5.02 Å². The highest BCUT2D eigenvalue weighted by Gasteiger charge is 2.18. The van der Waals surface area contributed by atoms with E-state index in [0.717, 1.165) is 27.1 Å². The lowest BCUT2D eigenvalue weighted by atomic mass is 10.3. The second kappa shape index (κ2) is 5.35. The lowest BCUT2D eigenvalue weighted by Gasteiger charge is -2.11. The third-order valence-electron chi connectivity index (χ3n) is 2.94. The molecule has 102 valence electrons. The zero-order valence-electron chi connectivity index (χ0n) is 10.5. The van der Waals surface area contributed by atoms with E-state index in [4.69, 9.17) is 23.2 Å². The first-order valence-corrected chi connectivity index (χ1v) is 7.61. The van der Waals surface area contributed by atoms with Crippen molar-refractivity contribution in [3.63, 3.8) is 0 Å². The van der Waals surface area contributed by atoms with Crippen LogP contribution in [-0.4, -0.2) is 14.5 Å². The molecule has 3 nitrogen and oxygen atoms in total. The Bertz CT molecular complexity index is 783. The zero-order valence-corrected chi connectivity index (χ0v) is 13.6. The van der Waals surface area contributed by atoms with E-state index >= 15 is 0 Å². The largest absolute Gasteiger partial charge is 0.278 e. The van der Waals surface area contributed by atoms with Crippen LogP contribution in [0.5, 0.6) is 0 Å². The molecule has 0 spiro atoms. The summed E-state index contributed by atoms with van der Waals surface area (Å²) in [6.45, 7) is 1.88. The molecule has 0 fully saturated rings. The summed E-state index contributed by atoms with van der Waals surface area (Å²) in [4.78, 5) is 9.01. The number of halogens is 3. The summed E-state index contributed by atoms with van der Waals surface area (Å²) in [6, 6.07) is 9.49. The molecular weight excluding hydrogens is 361 g/mol. The maximum atomic E-state index is 6.30. The molecule has 6 heteroatoms. The predicted molar refractivity (Wildman–Crippen MR) is 85.8 cm³/mol. The first-order valence-electron chi connectivity index (χ1n) is 6.01. The van der Waals surface area contributed by atoms with Gasteiger partial charge < -0.3 is 0 Å². The Morgan fingerprint density at radius 3 is 2.75 bits per heavy atom. The van der Waals surface area contributed by atoms with Crippen molar-refractivity contribution in [2.75, 3.05) is 0 Å². The average molecular weight is 371 g/mol. The summed E-state index contributed by atoms with van der Waals surface area (Å²) in [7, 11) is 0. The van der Waals surface area contributed by atoms with Crippen molar-refractivity contribution in [3.05, 3.63) is 51.8 Å². The molecule has 0 N–H and O–H groups in total. The van der Waals surface area contributed by atoms with Gasteiger partial charge in [0, 0.05) is 10.7 Å². The van der Waals surface area contributed by atoms with Crippen LogP contribution < -0.4 is 0 Å². The molecule has 0 saturated heterocycles. The molecular formula is C14H10BrCl2N3. The van der Waals surface area contributed by atoms with Crippen LogP contribution in [0, 0.1) is 0 Å². The third-order valence-corrected chi connectivity index (χ3v) is 3.89. The van der Waals surface area contributed by atoms with E-state index < -0.39 is 0 Å². The number of hydrogen-bond acceptors (Lipinski definition) is 2. The summed E-state index contributed by atoms with van der Waals surface area (Å²) in [5, 5.41) is 0.384. The van der Waals surface area contributed by atoms with Crippen LogP contribution in [-0.2, 0) is 0 Å². The third kappa shape index (κ3) is 2.32. The second-order valence-corrected chi connectivity index (χ2v) is 6.35. The van der Waals surface area contributed by atoms with Crippen molar-refractivity contribution in [1.29, 1.82) is 0 Å². The number of aromatic nitrogens is 3. The maximum absolute atomic E-state index is 6.30. The number of fused-ring (bicyclic) bond motifs is 1. The van der Waals surface area contributed by atoms with Gasteiger partial charge in [0.25, 0.3) is 0 Å².